The Hall–Kier alpha value is -0.630. The SMILES string of the molecule is Cc1cc(C)c(C(=O)C23CC4CC(CC(C)(C4)C2)C3)s1. The summed E-state index contributed by atoms with van der Waals surface area (Å²) in [6, 6.07) is 2.18. The molecule has 4 aliphatic rings. The Bertz CT molecular complexity index is 568. The molecule has 0 aromatic carbocycles. The summed E-state index contributed by atoms with van der Waals surface area (Å²) in [6.45, 7) is 6.67. The van der Waals surface area contributed by atoms with Gasteiger partial charge in [-0.05, 0) is 81.3 Å². The average Bonchev–Trinajstić information content (AvgIpc) is 2.64. The number of Topliss-reactive ketones (excluding diaryl/α,β-unsaturated/α-hetero) is 1. The van der Waals surface area contributed by atoms with Crippen molar-refractivity contribution in [2.75, 3.05) is 0 Å². The molecule has 108 valence electrons. The van der Waals surface area contributed by atoms with Crippen molar-refractivity contribution >= 4 is 17.1 Å². The molecule has 5 rings (SSSR count). The topological polar surface area (TPSA) is 17.1 Å². The van der Waals surface area contributed by atoms with Crippen molar-refractivity contribution in [3.05, 3.63) is 21.4 Å². The number of carbonyl (C=O) groups is 1. The molecule has 0 saturated heterocycles. The van der Waals surface area contributed by atoms with Crippen molar-refractivity contribution in [1.82, 2.24) is 0 Å². The first-order chi connectivity index (χ1) is 9.39. The molecule has 2 heteroatoms. The fourth-order valence-corrected chi connectivity index (χ4v) is 7.18. The Kier molecular flexibility index (Phi) is 2.59. The molecular weight excluding hydrogens is 264 g/mol. The van der Waals surface area contributed by atoms with Crippen molar-refractivity contribution in [3.8, 4) is 0 Å². The molecule has 4 saturated carbocycles. The van der Waals surface area contributed by atoms with Gasteiger partial charge in [0.1, 0.15) is 0 Å². The van der Waals surface area contributed by atoms with Crippen molar-refractivity contribution < 1.29 is 4.79 Å². The van der Waals surface area contributed by atoms with Gasteiger partial charge in [-0.1, -0.05) is 6.92 Å². The fraction of sp³-hybridized carbons (Fsp3) is 0.722. The molecular formula is C18H24OS. The lowest BCUT2D eigenvalue weighted by Crippen LogP contribution is -2.53. The standard InChI is InChI=1S/C18H24OS/c1-11-4-12(2)20-15(11)16(19)18-8-13-5-14(9-18)7-17(3,6-13)10-18/h4,13-14H,5-10H2,1-3H3. The van der Waals surface area contributed by atoms with Crippen LogP contribution in [0.4, 0.5) is 0 Å². The number of thiophene rings is 1. The first kappa shape index (κ1) is 13.1. The van der Waals surface area contributed by atoms with Crippen LogP contribution in [0.15, 0.2) is 6.07 Å². The maximum atomic E-state index is 13.3. The molecule has 1 aromatic rings. The summed E-state index contributed by atoms with van der Waals surface area (Å²) >= 11 is 1.72. The molecule has 4 aliphatic carbocycles. The zero-order valence-corrected chi connectivity index (χ0v) is 13.6. The fourth-order valence-electron chi connectivity index (χ4n) is 6.09. The van der Waals surface area contributed by atoms with Gasteiger partial charge in [-0.3, -0.25) is 4.79 Å². The number of rotatable bonds is 2. The molecule has 0 amide bonds. The quantitative estimate of drug-likeness (QED) is 0.687. The van der Waals surface area contributed by atoms with E-state index < -0.39 is 0 Å². The maximum absolute atomic E-state index is 13.3. The normalized spacial score (nSPS) is 42.1. The van der Waals surface area contributed by atoms with Gasteiger partial charge >= 0.3 is 0 Å². The van der Waals surface area contributed by atoms with Gasteiger partial charge in [0.05, 0.1) is 4.88 Å². The van der Waals surface area contributed by atoms with E-state index in [4.69, 9.17) is 0 Å². The van der Waals surface area contributed by atoms with Crippen LogP contribution in [0.25, 0.3) is 0 Å². The molecule has 1 heterocycles. The van der Waals surface area contributed by atoms with Gasteiger partial charge in [0.2, 0.25) is 0 Å². The maximum Gasteiger partial charge on any atom is 0.179 e. The third-order valence-electron chi connectivity index (χ3n) is 6.08. The second-order valence-corrected chi connectivity index (χ2v) is 9.51. The highest BCUT2D eigenvalue weighted by atomic mass is 32.1. The van der Waals surface area contributed by atoms with Gasteiger partial charge in [0.15, 0.2) is 5.78 Å². The summed E-state index contributed by atoms with van der Waals surface area (Å²) in [5.41, 5.74) is 1.67. The van der Waals surface area contributed by atoms with Crippen molar-refractivity contribution in [1.29, 1.82) is 0 Å². The molecule has 4 fully saturated rings. The Morgan fingerprint density at radius 1 is 1.20 bits per heavy atom. The van der Waals surface area contributed by atoms with E-state index in [1.54, 1.807) is 11.3 Å². The Labute approximate surface area is 125 Å². The van der Waals surface area contributed by atoms with E-state index in [0.717, 1.165) is 23.1 Å². The highest BCUT2D eigenvalue weighted by Gasteiger charge is 2.58. The van der Waals surface area contributed by atoms with Crippen LogP contribution >= 0.6 is 11.3 Å². The highest BCUT2D eigenvalue weighted by Crippen LogP contribution is 2.66. The van der Waals surface area contributed by atoms with Crippen LogP contribution in [0.5, 0.6) is 0 Å². The average molecular weight is 288 g/mol. The summed E-state index contributed by atoms with van der Waals surface area (Å²) < 4.78 is 0. The van der Waals surface area contributed by atoms with E-state index in [0.29, 0.717) is 11.2 Å². The smallest absolute Gasteiger partial charge is 0.179 e. The van der Waals surface area contributed by atoms with Gasteiger partial charge in [0, 0.05) is 10.3 Å². The van der Waals surface area contributed by atoms with E-state index in [1.807, 2.05) is 0 Å². The van der Waals surface area contributed by atoms with Gasteiger partial charge in [0.25, 0.3) is 0 Å². The summed E-state index contributed by atoms with van der Waals surface area (Å²) in [5.74, 6) is 2.14. The number of aryl methyl sites for hydroxylation is 2. The van der Waals surface area contributed by atoms with Crippen molar-refractivity contribution in [2.24, 2.45) is 22.7 Å². The van der Waals surface area contributed by atoms with Crippen LogP contribution in [0.3, 0.4) is 0 Å². The Balaban J connectivity index is 1.74. The summed E-state index contributed by atoms with van der Waals surface area (Å²) in [5, 5.41) is 0. The van der Waals surface area contributed by atoms with Crippen LogP contribution in [0.2, 0.25) is 0 Å². The van der Waals surface area contributed by atoms with Gasteiger partial charge in [-0.25, -0.2) is 0 Å². The van der Waals surface area contributed by atoms with E-state index in [9.17, 15) is 4.79 Å². The monoisotopic (exact) mass is 288 g/mol. The summed E-state index contributed by atoms with van der Waals surface area (Å²) in [4.78, 5) is 15.6. The minimum absolute atomic E-state index is 0.000880. The number of carbonyl (C=O) groups excluding carboxylic acids is 1. The molecule has 1 aromatic heterocycles. The third kappa shape index (κ3) is 1.76. The third-order valence-corrected chi connectivity index (χ3v) is 7.23. The zero-order valence-electron chi connectivity index (χ0n) is 12.8. The molecule has 0 N–H and O–H groups in total. The van der Waals surface area contributed by atoms with Crippen molar-refractivity contribution in [3.63, 3.8) is 0 Å². The predicted molar refractivity (Wildman–Crippen MR) is 83.3 cm³/mol. The van der Waals surface area contributed by atoms with E-state index >= 15 is 0 Å². The lowest BCUT2D eigenvalue weighted by Gasteiger charge is -2.60. The molecule has 2 unspecified atom stereocenters. The Morgan fingerprint density at radius 3 is 2.35 bits per heavy atom. The molecule has 0 aliphatic heterocycles. The largest absolute Gasteiger partial charge is 0.293 e. The Morgan fingerprint density at radius 2 is 1.85 bits per heavy atom. The minimum Gasteiger partial charge on any atom is -0.293 e. The van der Waals surface area contributed by atoms with Crippen LogP contribution in [0, 0.1) is 36.5 Å². The molecule has 0 spiro atoms. The van der Waals surface area contributed by atoms with Gasteiger partial charge < -0.3 is 0 Å². The molecule has 0 radical (unpaired) electrons. The molecule has 1 nitrogen and oxygen atoms in total. The van der Waals surface area contributed by atoms with Gasteiger partial charge in [-0.15, -0.1) is 11.3 Å². The lowest BCUT2D eigenvalue weighted by molar-refractivity contribution is -0.0819. The van der Waals surface area contributed by atoms with Crippen LogP contribution < -0.4 is 0 Å². The summed E-state index contributed by atoms with van der Waals surface area (Å²) in [7, 11) is 0. The highest BCUT2D eigenvalue weighted by molar-refractivity contribution is 7.14. The second kappa shape index (κ2) is 3.97. The van der Waals surface area contributed by atoms with E-state index in [1.165, 1.54) is 42.5 Å². The number of hydrogen-bond acceptors (Lipinski definition) is 2. The molecule has 20 heavy (non-hydrogen) atoms. The summed E-state index contributed by atoms with van der Waals surface area (Å²) in [6.07, 6.45) is 7.65. The predicted octanol–water partition coefficient (Wildman–Crippen LogP) is 5.15. The van der Waals surface area contributed by atoms with Gasteiger partial charge in [-0.2, -0.15) is 0 Å². The van der Waals surface area contributed by atoms with Crippen LogP contribution in [-0.2, 0) is 0 Å². The first-order valence-corrected chi connectivity index (χ1v) is 8.83. The van der Waals surface area contributed by atoms with Crippen molar-refractivity contribution in [2.45, 2.75) is 59.3 Å². The lowest BCUT2D eigenvalue weighted by atomic mass is 9.43. The van der Waals surface area contributed by atoms with E-state index in [2.05, 4.69) is 26.8 Å². The first-order valence-electron chi connectivity index (χ1n) is 8.01. The number of ketones is 1. The van der Waals surface area contributed by atoms with Crippen LogP contribution in [-0.4, -0.2) is 5.78 Å². The molecule has 4 bridgehead atoms. The number of hydrogen-bond donors (Lipinski definition) is 0. The minimum atomic E-state index is 0.000880. The zero-order chi connectivity index (χ0) is 14.1. The van der Waals surface area contributed by atoms with E-state index in [-0.39, 0.29) is 5.41 Å². The second-order valence-electron chi connectivity index (χ2n) is 8.25. The molecule has 2 atom stereocenters. The van der Waals surface area contributed by atoms with Crippen LogP contribution in [0.1, 0.15) is 65.6 Å².